The van der Waals surface area contributed by atoms with E-state index in [9.17, 15) is 9.90 Å². The molecule has 34 heavy (non-hydrogen) atoms. The van der Waals surface area contributed by atoms with Crippen molar-refractivity contribution in [1.29, 1.82) is 0 Å². The lowest BCUT2D eigenvalue weighted by Gasteiger charge is -2.36. The third-order valence-corrected chi connectivity index (χ3v) is 9.50. The van der Waals surface area contributed by atoms with Gasteiger partial charge in [0.25, 0.3) is 5.56 Å². The Labute approximate surface area is 204 Å². The number of hydrogen-bond acceptors (Lipinski definition) is 6. The van der Waals surface area contributed by atoms with Gasteiger partial charge in [-0.05, 0) is 88.7 Å². The van der Waals surface area contributed by atoms with Crippen LogP contribution in [0.25, 0.3) is 15.9 Å². The first-order valence-electron chi connectivity index (χ1n) is 12.7. The fourth-order valence-corrected chi connectivity index (χ4v) is 7.28. The van der Waals surface area contributed by atoms with Gasteiger partial charge in [0.1, 0.15) is 22.9 Å². The molecule has 2 aliphatic heterocycles. The molecule has 3 aromatic rings. The molecule has 2 unspecified atom stereocenters. The summed E-state index contributed by atoms with van der Waals surface area (Å²) in [5, 5.41) is 10.7. The van der Waals surface area contributed by atoms with Crippen LogP contribution in [0.4, 0.5) is 0 Å². The summed E-state index contributed by atoms with van der Waals surface area (Å²) in [5.74, 6) is 0.864. The van der Waals surface area contributed by atoms with Crippen LogP contribution in [0, 0.1) is 0 Å². The molecule has 2 bridgehead atoms. The second-order valence-corrected chi connectivity index (χ2v) is 11.7. The molecular weight excluding hydrogens is 446 g/mol. The zero-order chi connectivity index (χ0) is 23.3. The van der Waals surface area contributed by atoms with E-state index in [-0.39, 0.29) is 11.7 Å². The lowest BCUT2D eigenvalue weighted by Crippen LogP contribution is -2.43. The molecule has 1 aromatic carbocycles. The zero-order valence-electron chi connectivity index (χ0n) is 19.8. The van der Waals surface area contributed by atoms with Crippen molar-refractivity contribution in [2.75, 3.05) is 7.05 Å². The number of piperidine rings is 1. The molecule has 2 saturated heterocycles. The van der Waals surface area contributed by atoms with E-state index in [1.165, 1.54) is 24.2 Å². The highest BCUT2D eigenvalue weighted by molar-refractivity contribution is 7.18. The minimum absolute atomic E-state index is 0.0404. The summed E-state index contributed by atoms with van der Waals surface area (Å²) in [6.45, 7) is 0. The summed E-state index contributed by atoms with van der Waals surface area (Å²) in [4.78, 5) is 21.4. The van der Waals surface area contributed by atoms with Crippen LogP contribution in [0.1, 0.15) is 62.7 Å². The van der Waals surface area contributed by atoms with E-state index in [2.05, 4.69) is 16.9 Å². The van der Waals surface area contributed by atoms with Crippen LogP contribution in [0.15, 0.2) is 41.5 Å². The van der Waals surface area contributed by atoms with E-state index in [1.807, 2.05) is 30.3 Å². The Morgan fingerprint density at radius 1 is 1.15 bits per heavy atom. The summed E-state index contributed by atoms with van der Waals surface area (Å²) in [6.07, 6.45) is 12.2. The summed E-state index contributed by atoms with van der Waals surface area (Å²) < 4.78 is 8.60. The van der Waals surface area contributed by atoms with Crippen molar-refractivity contribution in [3.63, 3.8) is 0 Å². The number of ether oxygens (including phenoxy) is 1. The van der Waals surface area contributed by atoms with E-state index in [0.717, 1.165) is 73.2 Å². The molecular formula is C27H33N3O3S. The van der Waals surface area contributed by atoms with Crippen molar-refractivity contribution >= 4 is 21.6 Å². The first-order valence-corrected chi connectivity index (χ1v) is 13.5. The monoisotopic (exact) mass is 479 g/mol. The predicted molar refractivity (Wildman–Crippen MR) is 135 cm³/mol. The maximum absolute atomic E-state index is 13.2. The number of aryl methyl sites for hydroxylation is 1. The average molecular weight is 480 g/mol. The van der Waals surface area contributed by atoms with Crippen LogP contribution < -0.4 is 10.3 Å². The topological polar surface area (TPSA) is 67.6 Å². The van der Waals surface area contributed by atoms with Crippen molar-refractivity contribution in [1.82, 2.24) is 14.5 Å². The maximum Gasteiger partial charge on any atom is 0.275 e. The third-order valence-electron chi connectivity index (χ3n) is 8.33. The van der Waals surface area contributed by atoms with Crippen LogP contribution in [0.3, 0.4) is 0 Å². The minimum Gasteiger partial charge on any atom is -0.490 e. The van der Waals surface area contributed by atoms with Crippen LogP contribution >= 0.6 is 11.3 Å². The Morgan fingerprint density at radius 2 is 1.85 bits per heavy atom. The quantitative estimate of drug-likeness (QED) is 0.556. The lowest BCUT2D eigenvalue weighted by atomic mass is 9.96. The number of fused-ring (bicyclic) bond motifs is 3. The molecule has 1 saturated carbocycles. The van der Waals surface area contributed by atoms with Gasteiger partial charge in [-0.1, -0.05) is 12.8 Å². The summed E-state index contributed by atoms with van der Waals surface area (Å²) in [5.41, 5.74) is 0.976. The van der Waals surface area contributed by atoms with Crippen molar-refractivity contribution in [3.8, 4) is 11.4 Å². The summed E-state index contributed by atoms with van der Waals surface area (Å²) in [7, 11) is 2.24. The largest absolute Gasteiger partial charge is 0.490 e. The molecule has 2 atom stereocenters. The number of hydrogen-bond donors (Lipinski definition) is 1. The molecule has 6 nitrogen and oxygen atoms in total. The fraction of sp³-hybridized carbons (Fsp3) is 0.556. The molecule has 6 rings (SSSR count). The predicted octanol–water partition coefficient (Wildman–Crippen LogP) is 4.69. The van der Waals surface area contributed by atoms with Crippen molar-refractivity contribution in [2.45, 2.75) is 88.0 Å². The zero-order valence-corrected chi connectivity index (χ0v) is 20.6. The van der Waals surface area contributed by atoms with Crippen molar-refractivity contribution in [3.05, 3.63) is 51.9 Å². The van der Waals surface area contributed by atoms with Gasteiger partial charge in [-0.15, -0.1) is 11.3 Å². The molecule has 4 heterocycles. The molecule has 3 fully saturated rings. The summed E-state index contributed by atoms with van der Waals surface area (Å²) >= 11 is 1.51. The molecule has 0 spiro atoms. The number of aliphatic hydroxyl groups is 1. The normalized spacial score (nSPS) is 26.4. The first kappa shape index (κ1) is 22.3. The summed E-state index contributed by atoms with van der Waals surface area (Å²) in [6, 6.07) is 11.1. The molecule has 180 valence electrons. The van der Waals surface area contributed by atoms with E-state index < -0.39 is 5.60 Å². The van der Waals surface area contributed by atoms with Gasteiger partial charge in [-0.2, -0.15) is 0 Å². The van der Waals surface area contributed by atoms with Gasteiger partial charge >= 0.3 is 0 Å². The SMILES string of the molecule is CN1C2CCC1CC(Oc1ccc(-n3cnc4cc(CCC5(O)CCCC5)sc4c3=O)cc1)C2. The highest BCUT2D eigenvalue weighted by Crippen LogP contribution is 2.36. The van der Waals surface area contributed by atoms with Crippen molar-refractivity contribution < 1.29 is 9.84 Å². The molecule has 7 heteroatoms. The van der Waals surface area contributed by atoms with Gasteiger partial charge in [0, 0.05) is 17.0 Å². The molecule has 3 aliphatic rings. The highest BCUT2D eigenvalue weighted by atomic mass is 32.1. The molecule has 2 aromatic heterocycles. The molecule has 0 radical (unpaired) electrons. The van der Waals surface area contributed by atoms with E-state index in [1.54, 1.807) is 10.9 Å². The molecule has 1 aliphatic carbocycles. The first-order chi connectivity index (χ1) is 16.5. The number of thiophene rings is 1. The third kappa shape index (κ3) is 4.18. The Kier molecular flexibility index (Phi) is 5.74. The number of nitrogens with zero attached hydrogens (tertiary/aromatic N) is 3. The number of aromatic nitrogens is 2. The van der Waals surface area contributed by atoms with Gasteiger partial charge in [0.15, 0.2) is 0 Å². The van der Waals surface area contributed by atoms with E-state index in [0.29, 0.717) is 16.8 Å². The second-order valence-electron chi connectivity index (χ2n) is 10.5. The Morgan fingerprint density at radius 3 is 2.56 bits per heavy atom. The Bertz CT molecular complexity index is 1210. The van der Waals surface area contributed by atoms with Crippen LogP contribution in [-0.4, -0.2) is 50.4 Å². The highest BCUT2D eigenvalue weighted by Gasteiger charge is 2.39. The number of benzene rings is 1. The molecule has 0 amide bonds. The minimum atomic E-state index is -0.527. The van der Waals surface area contributed by atoms with Gasteiger partial charge in [0.2, 0.25) is 0 Å². The lowest BCUT2D eigenvalue weighted by molar-refractivity contribution is 0.0393. The average Bonchev–Trinajstić information content (AvgIpc) is 3.50. The van der Waals surface area contributed by atoms with Gasteiger partial charge < -0.3 is 14.7 Å². The van der Waals surface area contributed by atoms with E-state index >= 15 is 0 Å². The van der Waals surface area contributed by atoms with Crippen LogP contribution in [-0.2, 0) is 6.42 Å². The Balaban J connectivity index is 1.16. The van der Waals surface area contributed by atoms with Gasteiger partial charge in [-0.25, -0.2) is 4.98 Å². The Hall–Kier alpha value is -2.22. The second kappa shape index (κ2) is 8.77. The van der Waals surface area contributed by atoms with Gasteiger partial charge in [-0.3, -0.25) is 9.36 Å². The van der Waals surface area contributed by atoms with E-state index in [4.69, 9.17) is 4.74 Å². The maximum atomic E-state index is 13.2. The molecule has 1 N–H and O–H groups in total. The van der Waals surface area contributed by atoms with Gasteiger partial charge in [0.05, 0.1) is 16.8 Å². The van der Waals surface area contributed by atoms with Crippen LogP contribution in [0.2, 0.25) is 0 Å². The van der Waals surface area contributed by atoms with Crippen LogP contribution in [0.5, 0.6) is 5.75 Å². The van der Waals surface area contributed by atoms with Crippen molar-refractivity contribution in [2.24, 2.45) is 0 Å². The standard InChI is InChI=1S/C27H33N3O3S/c1-29-19-4-5-20(29)15-22(14-19)33-21-8-6-18(7-9-21)30-17-28-24-16-23(34-25(24)26(30)31)10-13-27(32)11-2-3-12-27/h6-9,16-17,19-20,22,32H,2-5,10-15H2,1H3. The smallest absolute Gasteiger partial charge is 0.275 e. The fourth-order valence-electron chi connectivity index (χ4n) is 6.24. The number of rotatable bonds is 6.